The zero-order chi connectivity index (χ0) is 13.8. The van der Waals surface area contributed by atoms with Crippen molar-refractivity contribution < 1.29 is 9.18 Å². The number of halogens is 2. The summed E-state index contributed by atoms with van der Waals surface area (Å²) >= 11 is 5.90. The lowest BCUT2D eigenvalue weighted by Gasteiger charge is -2.12. The Balaban J connectivity index is 2.17. The summed E-state index contributed by atoms with van der Waals surface area (Å²) in [6.07, 6.45) is 0.395. The fourth-order valence-electron chi connectivity index (χ4n) is 1.85. The minimum absolute atomic E-state index is 0.130. The molecule has 1 atom stereocenters. The van der Waals surface area contributed by atoms with E-state index < -0.39 is 11.9 Å². The van der Waals surface area contributed by atoms with Gasteiger partial charge in [-0.3, -0.25) is 4.79 Å². The van der Waals surface area contributed by atoms with Gasteiger partial charge < -0.3 is 5.73 Å². The van der Waals surface area contributed by atoms with Crippen LogP contribution >= 0.6 is 11.6 Å². The van der Waals surface area contributed by atoms with Crippen molar-refractivity contribution in [2.24, 2.45) is 5.73 Å². The van der Waals surface area contributed by atoms with E-state index in [1.807, 2.05) is 30.3 Å². The molecule has 2 N–H and O–H groups in total. The van der Waals surface area contributed by atoms with E-state index in [1.54, 1.807) is 0 Å². The van der Waals surface area contributed by atoms with Gasteiger partial charge in [-0.1, -0.05) is 41.9 Å². The molecule has 0 aromatic heterocycles. The van der Waals surface area contributed by atoms with Crippen LogP contribution in [0.2, 0.25) is 5.02 Å². The molecule has 2 aromatic carbocycles. The predicted octanol–water partition coefficient (Wildman–Crippen LogP) is 3.23. The average molecular weight is 278 g/mol. The molecule has 19 heavy (non-hydrogen) atoms. The molecule has 0 radical (unpaired) electrons. The van der Waals surface area contributed by atoms with Crippen LogP contribution in [0, 0.1) is 5.82 Å². The van der Waals surface area contributed by atoms with Gasteiger partial charge in [-0.25, -0.2) is 4.39 Å². The smallest absolute Gasteiger partial charge is 0.181 e. The summed E-state index contributed by atoms with van der Waals surface area (Å²) in [5.74, 6) is -0.854. The first-order valence-corrected chi connectivity index (χ1v) is 6.24. The van der Waals surface area contributed by atoms with E-state index in [9.17, 15) is 9.18 Å². The third-order valence-corrected chi connectivity index (χ3v) is 3.16. The summed E-state index contributed by atoms with van der Waals surface area (Å²) in [7, 11) is 0. The van der Waals surface area contributed by atoms with E-state index >= 15 is 0 Å². The Bertz CT molecular complexity index is 586. The topological polar surface area (TPSA) is 43.1 Å². The highest BCUT2D eigenvalue weighted by atomic mass is 35.5. The molecule has 2 rings (SSSR count). The quantitative estimate of drug-likeness (QED) is 0.872. The molecule has 1 unspecified atom stereocenters. The number of Topliss-reactive ketones (excluding diaryl/α,β-unsaturated/α-hetero) is 1. The van der Waals surface area contributed by atoms with Crippen molar-refractivity contribution in [3.8, 4) is 0 Å². The van der Waals surface area contributed by atoms with E-state index in [2.05, 4.69) is 0 Å². The minimum atomic E-state index is -0.735. The Labute approximate surface area is 116 Å². The molecule has 0 saturated heterocycles. The van der Waals surface area contributed by atoms with E-state index in [0.717, 1.165) is 11.6 Å². The molecule has 0 aliphatic carbocycles. The fraction of sp³-hybridized carbons (Fsp3) is 0.133. The van der Waals surface area contributed by atoms with Crippen LogP contribution in [0.4, 0.5) is 4.39 Å². The lowest BCUT2D eigenvalue weighted by Crippen LogP contribution is -2.33. The Hall–Kier alpha value is -1.71. The number of carbonyl (C=O) groups excluding carboxylic acids is 1. The molecule has 2 nitrogen and oxygen atoms in total. The zero-order valence-electron chi connectivity index (χ0n) is 10.1. The number of nitrogens with two attached hydrogens (primary N) is 1. The van der Waals surface area contributed by atoms with Crippen LogP contribution in [0.25, 0.3) is 0 Å². The molecule has 0 amide bonds. The Morgan fingerprint density at radius 1 is 1.21 bits per heavy atom. The number of carbonyl (C=O) groups is 1. The van der Waals surface area contributed by atoms with Gasteiger partial charge >= 0.3 is 0 Å². The highest BCUT2D eigenvalue weighted by Crippen LogP contribution is 2.19. The Kier molecular flexibility index (Phi) is 4.30. The van der Waals surface area contributed by atoms with Crippen LogP contribution in [-0.2, 0) is 6.42 Å². The number of hydrogen-bond acceptors (Lipinski definition) is 2. The first-order valence-electron chi connectivity index (χ1n) is 5.86. The average Bonchev–Trinajstić information content (AvgIpc) is 2.42. The molecule has 0 spiro atoms. The Morgan fingerprint density at radius 2 is 1.89 bits per heavy atom. The zero-order valence-corrected chi connectivity index (χ0v) is 10.9. The first-order chi connectivity index (χ1) is 9.08. The van der Waals surface area contributed by atoms with Gasteiger partial charge in [0.25, 0.3) is 0 Å². The van der Waals surface area contributed by atoms with Crippen molar-refractivity contribution in [2.45, 2.75) is 12.5 Å². The SMILES string of the molecule is NC(Cc1ccccc1)C(=O)c1cc(F)ccc1Cl. The van der Waals surface area contributed by atoms with Crippen molar-refractivity contribution in [3.63, 3.8) is 0 Å². The highest BCUT2D eigenvalue weighted by molar-refractivity contribution is 6.34. The van der Waals surface area contributed by atoms with Gasteiger partial charge in [-0.05, 0) is 30.2 Å². The van der Waals surface area contributed by atoms with Gasteiger partial charge in [-0.15, -0.1) is 0 Å². The second kappa shape index (κ2) is 5.95. The molecular weight excluding hydrogens is 265 g/mol. The first kappa shape index (κ1) is 13.7. The van der Waals surface area contributed by atoms with Gasteiger partial charge in [0, 0.05) is 5.56 Å². The maximum atomic E-state index is 13.1. The number of hydrogen-bond donors (Lipinski definition) is 1. The number of rotatable bonds is 4. The maximum Gasteiger partial charge on any atom is 0.181 e. The summed E-state index contributed by atoms with van der Waals surface area (Å²) in [6, 6.07) is 12.4. The minimum Gasteiger partial charge on any atom is -0.321 e. The van der Waals surface area contributed by atoms with Gasteiger partial charge in [-0.2, -0.15) is 0 Å². The van der Waals surface area contributed by atoms with Crippen LogP contribution < -0.4 is 5.73 Å². The van der Waals surface area contributed by atoms with E-state index in [0.29, 0.717) is 6.42 Å². The fourth-order valence-corrected chi connectivity index (χ4v) is 2.06. The normalized spacial score (nSPS) is 12.2. The van der Waals surface area contributed by atoms with Crippen molar-refractivity contribution in [1.29, 1.82) is 0 Å². The third kappa shape index (κ3) is 3.40. The molecule has 4 heteroatoms. The van der Waals surface area contributed by atoms with Gasteiger partial charge in [0.15, 0.2) is 5.78 Å². The third-order valence-electron chi connectivity index (χ3n) is 2.83. The van der Waals surface area contributed by atoms with Crippen molar-refractivity contribution >= 4 is 17.4 Å². The van der Waals surface area contributed by atoms with Crippen LogP contribution in [0.1, 0.15) is 15.9 Å². The predicted molar refractivity (Wildman–Crippen MR) is 73.9 cm³/mol. The molecule has 98 valence electrons. The maximum absolute atomic E-state index is 13.1. The molecule has 0 heterocycles. The largest absolute Gasteiger partial charge is 0.321 e. The van der Waals surface area contributed by atoms with Gasteiger partial charge in [0.2, 0.25) is 0 Å². The summed E-state index contributed by atoms with van der Waals surface area (Å²) in [6.45, 7) is 0. The summed E-state index contributed by atoms with van der Waals surface area (Å²) in [5.41, 5.74) is 6.95. The molecule has 2 aromatic rings. The second-order valence-electron chi connectivity index (χ2n) is 4.28. The van der Waals surface area contributed by atoms with Crippen molar-refractivity contribution in [1.82, 2.24) is 0 Å². The molecule has 0 aliphatic heterocycles. The molecule has 0 fully saturated rings. The second-order valence-corrected chi connectivity index (χ2v) is 4.69. The highest BCUT2D eigenvalue weighted by Gasteiger charge is 2.19. The van der Waals surface area contributed by atoms with E-state index in [-0.39, 0.29) is 16.4 Å². The van der Waals surface area contributed by atoms with Crippen LogP contribution in [0.3, 0.4) is 0 Å². The van der Waals surface area contributed by atoms with E-state index in [4.69, 9.17) is 17.3 Å². The van der Waals surface area contributed by atoms with Crippen LogP contribution in [-0.4, -0.2) is 11.8 Å². The lowest BCUT2D eigenvalue weighted by molar-refractivity contribution is 0.0960. The van der Waals surface area contributed by atoms with Crippen LogP contribution in [0.5, 0.6) is 0 Å². The molecule has 0 saturated carbocycles. The Morgan fingerprint density at radius 3 is 2.58 bits per heavy atom. The molecule has 0 bridgehead atoms. The van der Waals surface area contributed by atoms with Crippen molar-refractivity contribution in [2.75, 3.05) is 0 Å². The summed E-state index contributed by atoms with van der Waals surface area (Å²) in [5, 5.41) is 0.218. The van der Waals surface area contributed by atoms with E-state index in [1.165, 1.54) is 12.1 Å². The van der Waals surface area contributed by atoms with Gasteiger partial charge in [0.05, 0.1) is 11.1 Å². The molecular formula is C15H13ClFNO. The summed E-state index contributed by atoms with van der Waals surface area (Å²) in [4.78, 5) is 12.1. The summed E-state index contributed by atoms with van der Waals surface area (Å²) < 4.78 is 13.1. The van der Waals surface area contributed by atoms with Crippen LogP contribution in [0.15, 0.2) is 48.5 Å². The monoisotopic (exact) mass is 277 g/mol. The lowest BCUT2D eigenvalue weighted by atomic mass is 9.98. The molecule has 0 aliphatic rings. The number of ketones is 1. The van der Waals surface area contributed by atoms with Gasteiger partial charge in [0.1, 0.15) is 5.82 Å². The van der Waals surface area contributed by atoms with Crippen molar-refractivity contribution in [3.05, 3.63) is 70.5 Å². The standard InChI is InChI=1S/C15H13ClFNO/c16-13-7-6-11(17)9-12(13)15(19)14(18)8-10-4-2-1-3-5-10/h1-7,9,14H,8,18H2. The number of benzene rings is 2.